The highest BCUT2D eigenvalue weighted by atomic mass is 32.2. The van der Waals surface area contributed by atoms with Gasteiger partial charge in [0.1, 0.15) is 5.75 Å². The minimum Gasteiger partial charge on any atom is -0.495 e. The summed E-state index contributed by atoms with van der Waals surface area (Å²) in [5.41, 5.74) is 0.362. The van der Waals surface area contributed by atoms with E-state index in [0.29, 0.717) is 5.69 Å². The van der Waals surface area contributed by atoms with Gasteiger partial charge in [0, 0.05) is 25.6 Å². The van der Waals surface area contributed by atoms with Crippen LogP contribution >= 0.6 is 0 Å². The zero-order valence-electron chi connectivity index (χ0n) is 14.4. The summed E-state index contributed by atoms with van der Waals surface area (Å²) in [5.74, 6) is -0.262. The molecule has 1 aromatic carbocycles. The van der Waals surface area contributed by atoms with Gasteiger partial charge in [-0.1, -0.05) is 6.92 Å². The zero-order chi connectivity index (χ0) is 18.8. The maximum Gasteiger partial charge on any atom is 0.243 e. The maximum absolute atomic E-state index is 13.0. The van der Waals surface area contributed by atoms with Gasteiger partial charge >= 0.3 is 0 Å². The second-order valence-electron chi connectivity index (χ2n) is 5.81. The average molecular weight is 390 g/mol. The SMILES string of the molecule is CCN([C@H]1CCS(=O)(=O)C1)S(=O)(=O)c1ccc(NC(C)=O)c(OC)c1. The molecule has 0 spiro atoms. The van der Waals surface area contributed by atoms with E-state index in [-0.39, 0.29) is 41.0 Å². The van der Waals surface area contributed by atoms with Crippen molar-refractivity contribution in [3.8, 4) is 5.75 Å². The van der Waals surface area contributed by atoms with E-state index in [1.165, 1.54) is 36.5 Å². The van der Waals surface area contributed by atoms with Crippen LogP contribution in [0.3, 0.4) is 0 Å². The molecule has 1 aliphatic rings. The lowest BCUT2D eigenvalue weighted by molar-refractivity contribution is -0.114. The number of sulfonamides is 1. The van der Waals surface area contributed by atoms with Crippen LogP contribution < -0.4 is 10.1 Å². The number of methoxy groups -OCH3 is 1. The van der Waals surface area contributed by atoms with Crippen LogP contribution in [0, 0.1) is 0 Å². The Kier molecular flexibility index (Phi) is 5.75. The first-order chi connectivity index (χ1) is 11.6. The van der Waals surface area contributed by atoms with Crippen molar-refractivity contribution in [2.45, 2.75) is 31.2 Å². The summed E-state index contributed by atoms with van der Waals surface area (Å²) in [4.78, 5) is 11.2. The van der Waals surface area contributed by atoms with Crippen molar-refractivity contribution < 1.29 is 26.4 Å². The molecule has 1 aromatic rings. The van der Waals surface area contributed by atoms with Crippen LogP contribution in [-0.4, -0.2) is 58.3 Å². The van der Waals surface area contributed by atoms with E-state index in [4.69, 9.17) is 4.74 Å². The molecule has 0 saturated carbocycles. The number of carbonyl (C=O) groups is 1. The van der Waals surface area contributed by atoms with Gasteiger partial charge in [-0.25, -0.2) is 16.8 Å². The predicted molar refractivity (Wildman–Crippen MR) is 93.9 cm³/mol. The van der Waals surface area contributed by atoms with E-state index in [1.54, 1.807) is 6.92 Å². The van der Waals surface area contributed by atoms with Gasteiger partial charge in [-0.2, -0.15) is 4.31 Å². The van der Waals surface area contributed by atoms with E-state index in [2.05, 4.69) is 5.32 Å². The van der Waals surface area contributed by atoms with E-state index >= 15 is 0 Å². The smallest absolute Gasteiger partial charge is 0.243 e. The van der Waals surface area contributed by atoms with Crippen molar-refractivity contribution >= 4 is 31.5 Å². The minimum absolute atomic E-state index is 0.00548. The molecule has 1 amide bonds. The fraction of sp³-hybridized carbons (Fsp3) is 0.533. The van der Waals surface area contributed by atoms with Crippen molar-refractivity contribution in [2.24, 2.45) is 0 Å². The average Bonchev–Trinajstić information content (AvgIpc) is 2.87. The zero-order valence-corrected chi connectivity index (χ0v) is 16.0. The Morgan fingerprint density at radius 1 is 1.40 bits per heavy atom. The monoisotopic (exact) mass is 390 g/mol. The fourth-order valence-electron chi connectivity index (χ4n) is 2.89. The van der Waals surface area contributed by atoms with E-state index in [1.807, 2.05) is 0 Å². The lowest BCUT2D eigenvalue weighted by atomic mass is 10.3. The number of ether oxygens (including phenoxy) is 1. The molecule has 10 heteroatoms. The van der Waals surface area contributed by atoms with Crippen molar-refractivity contribution in [2.75, 3.05) is 30.5 Å². The summed E-state index contributed by atoms with van der Waals surface area (Å²) < 4.78 is 55.7. The number of hydrogen-bond acceptors (Lipinski definition) is 6. The molecule has 0 aromatic heterocycles. The number of hydrogen-bond donors (Lipinski definition) is 1. The number of rotatable bonds is 6. The largest absolute Gasteiger partial charge is 0.495 e. The Morgan fingerprint density at radius 3 is 2.56 bits per heavy atom. The highest BCUT2D eigenvalue weighted by Gasteiger charge is 2.38. The molecular formula is C15H22N2O6S2. The molecule has 0 unspecified atom stereocenters. The Bertz CT molecular complexity index is 864. The number of benzene rings is 1. The first-order valence-electron chi connectivity index (χ1n) is 7.78. The van der Waals surface area contributed by atoms with E-state index < -0.39 is 25.9 Å². The van der Waals surface area contributed by atoms with E-state index in [0.717, 1.165) is 0 Å². The summed E-state index contributed by atoms with van der Waals surface area (Å²) in [7, 11) is -5.72. The van der Waals surface area contributed by atoms with Crippen LogP contribution in [0.2, 0.25) is 0 Å². The summed E-state index contributed by atoms with van der Waals surface area (Å²) in [6.45, 7) is 3.17. The van der Waals surface area contributed by atoms with Crippen LogP contribution in [0.1, 0.15) is 20.3 Å². The molecule has 0 bridgehead atoms. The third kappa shape index (κ3) is 4.31. The van der Waals surface area contributed by atoms with Crippen molar-refractivity contribution in [1.29, 1.82) is 0 Å². The molecule has 140 valence electrons. The summed E-state index contributed by atoms with van der Waals surface area (Å²) in [6.07, 6.45) is 0.288. The summed E-state index contributed by atoms with van der Waals surface area (Å²) in [6, 6.07) is 3.58. The Hall–Kier alpha value is -1.65. The second-order valence-corrected chi connectivity index (χ2v) is 9.93. The van der Waals surface area contributed by atoms with Crippen molar-refractivity contribution in [3.63, 3.8) is 0 Å². The molecule has 0 radical (unpaired) electrons. The topological polar surface area (TPSA) is 110 Å². The molecule has 1 N–H and O–H groups in total. The van der Waals surface area contributed by atoms with Crippen LogP contribution in [-0.2, 0) is 24.7 Å². The van der Waals surface area contributed by atoms with Gasteiger partial charge in [-0.05, 0) is 18.6 Å². The second kappa shape index (κ2) is 7.30. The van der Waals surface area contributed by atoms with Gasteiger partial charge in [-0.3, -0.25) is 4.79 Å². The van der Waals surface area contributed by atoms with Gasteiger partial charge in [-0.15, -0.1) is 0 Å². The maximum atomic E-state index is 13.0. The normalized spacial score (nSPS) is 19.8. The number of amides is 1. The van der Waals surface area contributed by atoms with Crippen molar-refractivity contribution in [1.82, 2.24) is 4.31 Å². The number of nitrogens with one attached hydrogen (secondary N) is 1. The molecular weight excluding hydrogens is 368 g/mol. The first-order valence-corrected chi connectivity index (χ1v) is 11.0. The summed E-state index contributed by atoms with van der Waals surface area (Å²) >= 11 is 0. The molecule has 0 aliphatic carbocycles. The lowest BCUT2D eigenvalue weighted by Gasteiger charge is -2.26. The van der Waals surface area contributed by atoms with Gasteiger partial charge in [0.05, 0.1) is 29.2 Å². The predicted octanol–water partition coefficient (Wildman–Crippen LogP) is 0.851. The van der Waals surface area contributed by atoms with Crippen LogP contribution in [0.25, 0.3) is 0 Å². The number of carbonyl (C=O) groups excluding carboxylic acids is 1. The third-order valence-corrected chi connectivity index (χ3v) is 7.79. The molecule has 25 heavy (non-hydrogen) atoms. The Balaban J connectivity index is 2.39. The summed E-state index contributed by atoms with van der Waals surface area (Å²) in [5, 5.41) is 2.56. The van der Waals surface area contributed by atoms with Crippen LogP contribution in [0.4, 0.5) is 5.69 Å². The van der Waals surface area contributed by atoms with E-state index in [9.17, 15) is 21.6 Å². The molecule has 1 fully saturated rings. The minimum atomic E-state index is -3.89. The quantitative estimate of drug-likeness (QED) is 0.771. The van der Waals surface area contributed by atoms with Gasteiger partial charge < -0.3 is 10.1 Å². The molecule has 8 nitrogen and oxygen atoms in total. The number of nitrogens with zero attached hydrogens (tertiary/aromatic N) is 1. The number of sulfone groups is 1. The van der Waals surface area contributed by atoms with Crippen LogP contribution in [0.5, 0.6) is 5.75 Å². The lowest BCUT2D eigenvalue weighted by Crippen LogP contribution is -2.40. The first kappa shape index (κ1) is 19.7. The Labute approximate surface area is 148 Å². The molecule has 1 aliphatic heterocycles. The van der Waals surface area contributed by atoms with Gasteiger partial charge in [0.2, 0.25) is 15.9 Å². The molecule has 1 saturated heterocycles. The highest BCUT2D eigenvalue weighted by Crippen LogP contribution is 2.31. The van der Waals surface area contributed by atoms with Gasteiger partial charge in [0.25, 0.3) is 0 Å². The molecule has 2 rings (SSSR count). The Morgan fingerprint density at radius 2 is 2.08 bits per heavy atom. The molecule has 1 atom stereocenters. The van der Waals surface area contributed by atoms with Crippen molar-refractivity contribution in [3.05, 3.63) is 18.2 Å². The molecule has 1 heterocycles. The number of anilines is 1. The van der Waals surface area contributed by atoms with Gasteiger partial charge in [0.15, 0.2) is 9.84 Å². The fourth-order valence-corrected chi connectivity index (χ4v) is 6.39. The van der Waals surface area contributed by atoms with Crippen LogP contribution in [0.15, 0.2) is 23.1 Å². The highest BCUT2D eigenvalue weighted by molar-refractivity contribution is 7.92. The standard InChI is InChI=1S/C15H22N2O6S2/c1-4-17(12-7-8-24(19,20)10-12)25(21,22)13-5-6-14(16-11(2)18)15(9-13)23-3/h5-6,9,12H,4,7-8,10H2,1-3H3,(H,16,18)/t12-/m0/s1. The third-order valence-electron chi connectivity index (χ3n) is 4.02.